The molecule has 0 aromatic heterocycles. The number of primary sulfonamides is 1. The number of halogens is 1. The Bertz CT molecular complexity index is 565. The molecule has 0 radical (unpaired) electrons. The van der Waals surface area contributed by atoms with Gasteiger partial charge in [-0.05, 0) is 37.5 Å². The zero-order valence-corrected chi connectivity index (χ0v) is 14.6. The van der Waals surface area contributed by atoms with Crippen molar-refractivity contribution in [1.82, 2.24) is 0 Å². The summed E-state index contributed by atoms with van der Waals surface area (Å²) < 4.78 is 23.0. The van der Waals surface area contributed by atoms with E-state index in [0.29, 0.717) is 0 Å². The molecule has 0 aliphatic carbocycles. The number of sulfonamides is 1. The first-order valence-electron chi connectivity index (χ1n) is 7.39. The van der Waals surface area contributed by atoms with Crippen LogP contribution in [0.25, 0.3) is 0 Å². The molecule has 0 spiro atoms. The number of aryl methyl sites for hydroxylation is 1. The van der Waals surface area contributed by atoms with Gasteiger partial charge >= 0.3 is 0 Å². The fourth-order valence-corrected chi connectivity index (χ4v) is 3.41. The first kappa shape index (κ1) is 18.3. The molecule has 0 saturated heterocycles. The number of anilines is 1. The maximum Gasteiger partial charge on any atom is 0.239 e. The number of unbranched alkanes of at least 4 members (excludes halogenated alkanes) is 2. The molecule has 120 valence electrons. The van der Waals surface area contributed by atoms with Crippen molar-refractivity contribution in [2.24, 2.45) is 5.14 Å². The molecule has 0 aliphatic heterocycles. The van der Waals surface area contributed by atoms with Gasteiger partial charge in [0.05, 0.1) is 5.02 Å². The van der Waals surface area contributed by atoms with E-state index in [1.807, 2.05) is 6.92 Å². The van der Waals surface area contributed by atoms with Crippen LogP contribution in [0.3, 0.4) is 0 Å². The summed E-state index contributed by atoms with van der Waals surface area (Å²) in [7, 11) is -3.78. The summed E-state index contributed by atoms with van der Waals surface area (Å²) in [5, 5.41) is 5.38. The van der Waals surface area contributed by atoms with Gasteiger partial charge in [-0.15, -0.1) is 0 Å². The molecule has 0 atom stereocenters. The van der Waals surface area contributed by atoms with E-state index in [0.717, 1.165) is 50.0 Å². The fraction of sp³-hybridized carbons (Fsp3) is 0.600. The fourth-order valence-electron chi connectivity index (χ4n) is 2.25. The summed E-state index contributed by atoms with van der Waals surface area (Å²) >= 11 is 6.11. The summed E-state index contributed by atoms with van der Waals surface area (Å²) in [6, 6.07) is 3.29. The third-order valence-electron chi connectivity index (χ3n) is 3.46. The Hall–Kier alpha value is -0.780. The van der Waals surface area contributed by atoms with Gasteiger partial charge < -0.3 is 4.90 Å². The first-order chi connectivity index (χ1) is 9.81. The van der Waals surface area contributed by atoms with Crippen LogP contribution < -0.4 is 10.0 Å². The number of rotatable bonds is 8. The minimum absolute atomic E-state index is 0.00338. The molecule has 2 N–H and O–H groups in total. The van der Waals surface area contributed by atoms with E-state index >= 15 is 0 Å². The van der Waals surface area contributed by atoms with Crippen molar-refractivity contribution in [2.75, 3.05) is 18.0 Å². The smallest absolute Gasteiger partial charge is 0.239 e. The highest BCUT2D eigenvalue weighted by Crippen LogP contribution is 2.30. The summed E-state index contributed by atoms with van der Waals surface area (Å²) in [5.41, 5.74) is 1.88. The monoisotopic (exact) mass is 332 g/mol. The molecule has 4 nitrogen and oxygen atoms in total. The van der Waals surface area contributed by atoms with E-state index in [2.05, 4.69) is 18.7 Å². The van der Waals surface area contributed by atoms with E-state index < -0.39 is 10.0 Å². The summed E-state index contributed by atoms with van der Waals surface area (Å²) in [5.74, 6) is 0. The van der Waals surface area contributed by atoms with Crippen LogP contribution in [0.2, 0.25) is 5.02 Å². The van der Waals surface area contributed by atoms with Crippen molar-refractivity contribution in [1.29, 1.82) is 0 Å². The first-order valence-corrected chi connectivity index (χ1v) is 9.31. The average Bonchev–Trinajstić information content (AvgIpc) is 2.40. The van der Waals surface area contributed by atoms with Crippen LogP contribution >= 0.6 is 11.6 Å². The Labute approximate surface area is 133 Å². The summed E-state index contributed by atoms with van der Waals surface area (Å²) in [6.07, 6.45) is 4.42. The minimum atomic E-state index is -3.78. The predicted molar refractivity (Wildman–Crippen MR) is 89.6 cm³/mol. The van der Waals surface area contributed by atoms with Crippen LogP contribution in [0.4, 0.5) is 5.69 Å². The van der Waals surface area contributed by atoms with Crippen molar-refractivity contribution in [3.05, 3.63) is 22.7 Å². The lowest BCUT2D eigenvalue weighted by molar-refractivity contribution is 0.597. The molecule has 1 aromatic carbocycles. The van der Waals surface area contributed by atoms with Crippen molar-refractivity contribution in [3.63, 3.8) is 0 Å². The van der Waals surface area contributed by atoms with E-state index in [1.165, 1.54) is 0 Å². The Morgan fingerprint density at radius 2 is 1.67 bits per heavy atom. The lowest BCUT2D eigenvalue weighted by Crippen LogP contribution is -2.26. The Morgan fingerprint density at radius 3 is 2.10 bits per heavy atom. The van der Waals surface area contributed by atoms with Crippen LogP contribution in [-0.2, 0) is 10.0 Å². The van der Waals surface area contributed by atoms with E-state index in [1.54, 1.807) is 12.1 Å². The maximum atomic E-state index is 11.5. The molecular formula is C15H25ClN2O2S. The molecule has 0 unspecified atom stereocenters. The third-order valence-corrected chi connectivity index (χ3v) is 4.84. The second-order valence-electron chi connectivity index (χ2n) is 5.31. The van der Waals surface area contributed by atoms with Gasteiger partial charge in [0.15, 0.2) is 0 Å². The lowest BCUT2D eigenvalue weighted by atomic mass is 10.1. The molecule has 1 aromatic rings. The number of hydrogen-bond acceptors (Lipinski definition) is 3. The van der Waals surface area contributed by atoms with Gasteiger partial charge in [-0.1, -0.05) is 38.3 Å². The maximum absolute atomic E-state index is 11.5. The van der Waals surface area contributed by atoms with E-state index in [-0.39, 0.29) is 9.92 Å². The van der Waals surface area contributed by atoms with Crippen LogP contribution in [-0.4, -0.2) is 21.5 Å². The van der Waals surface area contributed by atoms with Crippen molar-refractivity contribution < 1.29 is 8.42 Å². The average molecular weight is 333 g/mol. The number of nitrogens with zero attached hydrogens (tertiary/aromatic N) is 1. The van der Waals surface area contributed by atoms with Crippen LogP contribution in [0.15, 0.2) is 17.0 Å². The predicted octanol–water partition coefficient (Wildman–Crippen LogP) is 3.70. The molecule has 0 fully saturated rings. The van der Waals surface area contributed by atoms with Crippen LogP contribution in [0.5, 0.6) is 0 Å². The standard InChI is InChI=1S/C15H25ClN2O2S/c1-4-6-8-18(9-7-5-2)14-11-13(16)15(10-12(14)3)21(17,19)20/h10-11H,4-9H2,1-3H3,(H2,17,19,20). The highest BCUT2D eigenvalue weighted by atomic mass is 35.5. The number of benzene rings is 1. The zero-order valence-electron chi connectivity index (χ0n) is 13.0. The van der Waals surface area contributed by atoms with Gasteiger partial charge in [0.1, 0.15) is 4.90 Å². The summed E-state index contributed by atoms with van der Waals surface area (Å²) in [6.45, 7) is 8.10. The van der Waals surface area contributed by atoms with Gasteiger partial charge in [0.25, 0.3) is 0 Å². The van der Waals surface area contributed by atoms with Crippen molar-refractivity contribution in [2.45, 2.75) is 51.3 Å². The van der Waals surface area contributed by atoms with Crippen molar-refractivity contribution >= 4 is 27.3 Å². The minimum Gasteiger partial charge on any atom is -0.371 e. The van der Waals surface area contributed by atoms with Gasteiger partial charge in [0.2, 0.25) is 10.0 Å². The van der Waals surface area contributed by atoms with Gasteiger partial charge in [0, 0.05) is 18.8 Å². The molecule has 0 heterocycles. The topological polar surface area (TPSA) is 63.4 Å². The summed E-state index contributed by atoms with van der Waals surface area (Å²) in [4.78, 5) is 2.28. The van der Waals surface area contributed by atoms with Gasteiger partial charge in [-0.25, -0.2) is 13.6 Å². The second-order valence-corrected chi connectivity index (χ2v) is 7.25. The van der Waals surface area contributed by atoms with Crippen LogP contribution in [0, 0.1) is 6.92 Å². The second kappa shape index (κ2) is 8.01. The van der Waals surface area contributed by atoms with Crippen LogP contribution in [0.1, 0.15) is 45.1 Å². The largest absolute Gasteiger partial charge is 0.371 e. The van der Waals surface area contributed by atoms with E-state index in [9.17, 15) is 8.42 Å². The Kier molecular flexibility index (Phi) is 6.97. The molecular weight excluding hydrogens is 308 g/mol. The van der Waals surface area contributed by atoms with E-state index in [4.69, 9.17) is 16.7 Å². The zero-order chi connectivity index (χ0) is 16.0. The lowest BCUT2D eigenvalue weighted by Gasteiger charge is -2.27. The number of nitrogens with two attached hydrogens (primary N) is 1. The SMILES string of the molecule is CCCCN(CCCC)c1cc(Cl)c(S(N)(=O)=O)cc1C. The quantitative estimate of drug-likeness (QED) is 0.789. The molecule has 0 bridgehead atoms. The molecule has 0 aliphatic rings. The normalized spacial score (nSPS) is 11.7. The van der Waals surface area contributed by atoms with Crippen molar-refractivity contribution in [3.8, 4) is 0 Å². The van der Waals surface area contributed by atoms with Gasteiger partial charge in [-0.2, -0.15) is 0 Å². The third kappa shape index (κ3) is 5.16. The molecule has 6 heteroatoms. The Morgan fingerprint density at radius 1 is 1.14 bits per heavy atom. The highest BCUT2D eigenvalue weighted by molar-refractivity contribution is 7.89. The number of hydrogen-bond donors (Lipinski definition) is 1. The molecule has 1 rings (SSSR count). The molecule has 0 saturated carbocycles. The highest BCUT2D eigenvalue weighted by Gasteiger charge is 2.17. The molecule has 21 heavy (non-hydrogen) atoms. The Balaban J connectivity index is 3.16. The van der Waals surface area contributed by atoms with Gasteiger partial charge in [-0.3, -0.25) is 0 Å². The molecule has 0 amide bonds.